The van der Waals surface area contributed by atoms with E-state index in [1.165, 1.54) is 0 Å². The maximum Gasteiger partial charge on any atom is 0.475 e. The van der Waals surface area contributed by atoms with Gasteiger partial charge in [0.1, 0.15) is 11.8 Å². The highest BCUT2D eigenvalue weighted by Crippen LogP contribution is 2.12. The number of amides is 2. The van der Waals surface area contributed by atoms with Crippen molar-refractivity contribution in [2.24, 2.45) is 5.92 Å². The summed E-state index contributed by atoms with van der Waals surface area (Å²) in [5, 5.41) is 24.7. The third kappa shape index (κ3) is 7.20. The predicted octanol–water partition coefficient (Wildman–Crippen LogP) is 1.58. The number of hydrogen-bond acceptors (Lipinski definition) is 5. The summed E-state index contributed by atoms with van der Waals surface area (Å²) in [5.74, 6) is -0.927. The molecule has 0 aliphatic rings. The lowest BCUT2D eigenvalue weighted by Gasteiger charge is -2.24. The number of rotatable bonds is 10. The third-order valence-corrected chi connectivity index (χ3v) is 4.67. The van der Waals surface area contributed by atoms with Gasteiger partial charge in [-0.1, -0.05) is 44.2 Å². The van der Waals surface area contributed by atoms with E-state index in [2.05, 4.69) is 10.6 Å². The van der Waals surface area contributed by atoms with Crippen molar-refractivity contribution in [3.05, 3.63) is 65.7 Å². The molecule has 0 bridgehead atoms. The molecule has 0 saturated carbocycles. The number of benzene rings is 2. The fourth-order valence-corrected chi connectivity index (χ4v) is 3.09. The largest absolute Gasteiger partial charge is 0.497 e. The molecule has 4 N–H and O–H groups in total. The Bertz CT molecular complexity index is 812. The second-order valence-corrected chi connectivity index (χ2v) is 7.60. The van der Waals surface area contributed by atoms with E-state index in [0.29, 0.717) is 17.7 Å². The Morgan fingerprint density at radius 1 is 1.00 bits per heavy atom. The van der Waals surface area contributed by atoms with Crippen molar-refractivity contribution in [1.29, 1.82) is 0 Å². The van der Waals surface area contributed by atoms with E-state index in [1.54, 1.807) is 31.4 Å². The van der Waals surface area contributed by atoms with Gasteiger partial charge in [-0.2, -0.15) is 0 Å². The van der Waals surface area contributed by atoms with Crippen LogP contribution in [0.2, 0.25) is 0 Å². The van der Waals surface area contributed by atoms with Crippen molar-refractivity contribution in [3.8, 4) is 5.75 Å². The molecule has 2 rings (SSSR count). The molecule has 8 heteroatoms. The van der Waals surface area contributed by atoms with Crippen LogP contribution in [0.5, 0.6) is 5.75 Å². The quantitative estimate of drug-likeness (QED) is 0.444. The first-order valence-electron chi connectivity index (χ1n) is 9.95. The summed E-state index contributed by atoms with van der Waals surface area (Å²) in [6, 6.07) is 15.0. The summed E-state index contributed by atoms with van der Waals surface area (Å²) in [6.07, 6.45) is 0.665. The first kappa shape index (κ1) is 23.4. The first-order chi connectivity index (χ1) is 14.3. The molecule has 7 nitrogen and oxygen atoms in total. The van der Waals surface area contributed by atoms with Gasteiger partial charge < -0.3 is 25.4 Å². The van der Waals surface area contributed by atoms with Crippen LogP contribution in [0.15, 0.2) is 54.6 Å². The maximum atomic E-state index is 12.9. The fraction of sp³-hybridized carbons (Fsp3) is 0.364. The van der Waals surface area contributed by atoms with E-state index in [-0.39, 0.29) is 12.3 Å². The zero-order valence-electron chi connectivity index (χ0n) is 17.5. The van der Waals surface area contributed by atoms with Crippen LogP contribution in [0.4, 0.5) is 0 Å². The Kier molecular flexibility index (Phi) is 8.89. The second-order valence-electron chi connectivity index (χ2n) is 7.60. The predicted molar refractivity (Wildman–Crippen MR) is 116 cm³/mol. The van der Waals surface area contributed by atoms with Gasteiger partial charge in [-0.3, -0.25) is 9.59 Å². The smallest absolute Gasteiger partial charge is 0.475 e. The van der Waals surface area contributed by atoms with E-state index in [9.17, 15) is 19.6 Å². The topological polar surface area (TPSA) is 108 Å². The zero-order chi connectivity index (χ0) is 22.1. The standard InChI is InChI=1S/C22H29BN2O5/c1-15(2)13-20(23(28)29)25-22(27)19(14-16-7-5-4-6-8-16)24-21(26)17-9-11-18(30-3)12-10-17/h4-12,15,19-20,28-29H,13-14H2,1-3H3,(H,24,26)(H,25,27)/t19-,20-/m0/s1. The molecule has 0 heterocycles. The van der Waals surface area contributed by atoms with E-state index >= 15 is 0 Å². The molecule has 0 aliphatic carbocycles. The minimum absolute atomic E-state index is 0.151. The van der Waals surface area contributed by atoms with Crippen LogP contribution in [0.25, 0.3) is 0 Å². The Hall–Kier alpha value is -2.84. The lowest BCUT2D eigenvalue weighted by atomic mass is 9.75. The molecule has 2 amide bonds. The molecule has 0 radical (unpaired) electrons. The molecule has 160 valence electrons. The molecule has 0 aromatic heterocycles. The van der Waals surface area contributed by atoms with Crippen molar-refractivity contribution < 1.29 is 24.4 Å². The summed E-state index contributed by atoms with van der Waals surface area (Å²) in [7, 11) is -0.149. The molecule has 2 aromatic carbocycles. The molecule has 0 saturated heterocycles. The van der Waals surface area contributed by atoms with E-state index in [4.69, 9.17) is 4.74 Å². The zero-order valence-corrected chi connectivity index (χ0v) is 17.5. The molecule has 30 heavy (non-hydrogen) atoms. The van der Waals surface area contributed by atoms with Gasteiger partial charge in [0.05, 0.1) is 13.1 Å². The second kappa shape index (κ2) is 11.4. The van der Waals surface area contributed by atoms with Crippen molar-refractivity contribution >= 4 is 18.9 Å². The minimum atomic E-state index is -1.69. The molecular weight excluding hydrogens is 383 g/mol. The van der Waals surface area contributed by atoms with Gasteiger partial charge in [0.15, 0.2) is 0 Å². The summed E-state index contributed by atoms with van der Waals surface area (Å²) in [6.45, 7) is 3.85. The number of methoxy groups -OCH3 is 1. The van der Waals surface area contributed by atoms with Crippen molar-refractivity contribution in [2.75, 3.05) is 7.11 Å². The number of carbonyl (C=O) groups is 2. The van der Waals surface area contributed by atoms with Crippen LogP contribution in [0.1, 0.15) is 36.2 Å². The lowest BCUT2D eigenvalue weighted by molar-refractivity contribution is -0.123. The van der Waals surface area contributed by atoms with E-state index < -0.39 is 30.9 Å². The van der Waals surface area contributed by atoms with Gasteiger partial charge in [-0.05, 0) is 42.2 Å². The lowest BCUT2D eigenvalue weighted by Crippen LogP contribution is -2.55. The fourth-order valence-electron chi connectivity index (χ4n) is 3.09. The van der Waals surface area contributed by atoms with Crippen LogP contribution in [0, 0.1) is 5.92 Å². The SMILES string of the molecule is COc1ccc(C(=O)N[C@@H](Cc2ccccc2)C(=O)N[C@@H](CC(C)C)B(O)O)cc1. The highest BCUT2D eigenvalue weighted by molar-refractivity contribution is 6.43. The average Bonchev–Trinajstić information content (AvgIpc) is 2.73. The molecule has 0 fully saturated rings. The van der Waals surface area contributed by atoms with Gasteiger partial charge in [0.25, 0.3) is 5.91 Å². The van der Waals surface area contributed by atoms with Gasteiger partial charge in [-0.25, -0.2) is 0 Å². The molecular formula is C22H29BN2O5. The van der Waals surface area contributed by atoms with Crippen molar-refractivity contribution in [1.82, 2.24) is 10.6 Å². The highest BCUT2D eigenvalue weighted by atomic mass is 16.5. The molecule has 2 atom stereocenters. The van der Waals surface area contributed by atoms with Gasteiger partial charge in [0.2, 0.25) is 5.91 Å². The number of nitrogens with one attached hydrogen (secondary N) is 2. The molecule has 0 unspecified atom stereocenters. The number of hydrogen-bond donors (Lipinski definition) is 4. The van der Waals surface area contributed by atoms with Crippen molar-refractivity contribution in [3.63, 3.8) is 0 Å². The monoisotopic (exact) mass is 412 g/mol. The summed E-state index contributed by atoms with van der Waals surface area (Å²) >= 11 is 0. The van der Waals surface area contributed by atoms with Gasteiger partial charge >= 0.3 is 7.12 Å². The Morgan fingerprint density at radius 2 is 1.63 bits per heavy atom. The summed E-state index contributed by atoms with van der Waals surface area (Å²) in [5.41, 5.74) is 1.26. The molecule has 0 spiro atoms. The van der Waals surface area contributed by atoms with Crippen LogP contribution in [0.3, 0.4) is 0 Å². The Morgan fingerprint density at radius 3 is 2.17 bits per heavy atom. The van der Waals surface area contributed by atoms with Crippen LogP contribution >= 0.6 is 0 Å². The van der Waals surface area contributed by atoms with Crippen molar-refractivity contribution in [2.45, 2.75) is 38.7 Å². The Labute approximate surface area is 177 Å². The number of carbonyl (C=O) groups excluding carboxylic acids is 2. The third-order valence-electron chi connectivity index (χ3n) is 4.67. The van der Waals surface area contributed by atoms with Gasteiger partial charge in [0, 0.05) is 12.0 Å². The minimum Gasteiger partial charge on any atom is -0.497 e. The normalized spacial score (nSPS) is 12.7. The molecule has 2 aromatic rings. The van der Waals surface area contributed by atoms with Crippen LogP contribution in [-0.2, 0) is 11.2 Å². The average molecular weight is 412 g/mol. The number of ether oxygens (including phenoxy) is 1. The summed E-state index contributed by atoms with van der Waals surface area (Å²) < 4.78 is 5.10. The maximum absolute atomic E-state index is 12.9. The molecule has 0 aliphatic heterocycles. The van der Waals surface area contributed by atoms with E-state index in [0.717, 1.165) is 5.56 Å². The highest BCUT2D eigenvalue weighted by Gasteiger charge is 2.30. The van der Waals surface area contributed by atoms with Gasteiger partial charge in [-0.15, -0.1) is 0 Å². The first-order valence-corrected chi connectivity index (χ1v) is 9.95. The van der Waals surface area contributed by atoms with E-state index in [1.807, 2.05) is 44.2 Å². The van der Waals surface area contributed by atoms with Crippen LogP contribution in [-0.4, -0.2) is 48.1 Å². The Balaban J connectivity index is 2.18. The van der Waals surface area contributed by atoms with Crippen LogP contribution < -0.4 is 15.4 Å². The summed E-state index contributed by atoms with van der Waals surface area (Å²) in [4.78, 5) is 25.7.